The highest BCUT2D eigenvalue weighted by atomic mass is 19.4. The van der Waals surface area contributed by atoms with Crippen molar-refractivity contribution in [1.82, 2.24) is 5.32 Å². The number of carbonyl (C=O) groups excluding carboxylic acids is 1. The van der Waals surface area contributed by atoms with Gasteiger partial charge in [-0.3, -0.25) is 4.79 Å². The van der Waals surface area contributed by atoms with Crippen LogP contribution < -0.4 is 10.2 Å². The van der Waals surface area contributed by atoms with E-state index in [0.717, 1.165) is 70.2 Å². The molecular formula is C34H41F3N5O2+. The number of benzene rings is 2. The Bertz CT molecular complexity index is 1490. The second-order valence-corrected chi connectivity index (χ2v) is 12.4. The average molecular weight is 609 g/mol. The number of amidine groups is 1. The molecule has 10 heteroatoms. The number of alkyl halides is 3. The summed E-state index contributed by atoms with van der Waals surface area (Å²) < 4.78 is 45.3. The molecule has 5 rings (SSSR count). The number of methoxy groups -OCH3 is 1. The second kappa shape index (κ2) is 13.0. The van der Waals surface area contributed by atoms with Crippen molar-refractivity contribution in [1.29, 1.82) is 5.26 Å². The fraction of sp³-hybridized carbons (Fsp3) is 0.500. The van der Waals surface area contributed by atoms with Crippen molar-refractivity contribution in [3.8, 4) is 6.07 Å². The maximum atomic E-state index is 13.4. The fourth-order valence-corrected chi connectivity index (χ4v) is 6.85. The highest BCUT2D eigenvalue weighted by Gasteiger charge is 2.33. The first kappa shape index (κ1) is 31.6. The van der Waals surface area contributed by atoms with Crippen LogP contribution in [-0.4, -0.2) is 43.6 Å². The normalized spacial score (nSPS) is 22.7. The lowest BCUT2D eigenvalue weighted by atomic mass is 9.81. The topological polar surface area (TPSA) is 77.7 Å². The zero-order chi connectivity index (χ0) is 31.5. The van der Waals surface area contributed by atoms with Gasteiger partial charge in [0.1, 0.15) is 12.7 Å². The summed E-state index contributed by atoms with van der Waals surface area (Å²) >= 11 is 0. The van der Waals surface area contributed by atoms with Gasteiger partial charge >= 0.3 is 12.1 Å². The molecule has 1 fully saturated rings. The molecule has 0 radical (unpaired) electrons. The number of fused-ring (bicyclic) bond motifs is 1. The number of anilines is 1. The Morgan fingerprint density at radius 2 is 1.86 bits per heavy atom. The largest absolute Gasteiger partial charge is 0.469 e. The Balaban J connectivity index is 1.29. The highest BCUT2D eigenvalue weighted by molar-refractivity contribution is 5.93. The summed E-state index contributed by atoms with van der Waals surface area (Å²) in [5.74, 6) is 1.10. The molecule has 234 valence electrons. The third-order valence-corrected chi connectivity index (χ3v) is 9.18. The predicted octanol–water partition coefficient (Wildman–Crippen LogP) is 6.45. The van der Waals surface area contributed by atoms with Crippen LogP contribution in [-0.2, 0) is 41.6 Å². The molecule has 1 N–H and O–H groups in total. The standard InChI is InChI=1S/C34H41F3N5O2/c1-4-41(21-23-8-10-26(11-9-23)33(43)44-3)31-18-28-7-5-6-27(28)17-29(31)20-39-32-12-13-42(2,40-32)22-25-14-24(19-38)15-30(16-25)34(35,36)37/h12-18,23,26H,4-11,20-22H2,1-3H3,(H,39,40)/q+1/t23-,26-,42?. The lowest BCUT2D eigenvalue weighted by molar-refractivity contribution is -0.877. The van der Waals surface area contributed by atoms with Gasteiger partial charge in [0, 0.05) is 37.0 Å². The van der Waals surface area contributed by atoms with Crippen LogP contribution in [0.1, 0.15) is 72.4 Å². The maximum absolute atomic E-state index is 13.4. The van der Waals surface area contributed by atoms with E-state index in [-0.39, 0.29) is 28.6 Å². The Morgan fingerprint density at radius 1 is 1.14 bits per heavy atom. The minimum atomic E-state index is -4.53. The predicted molar refractivity (Wildman–Crippen MR) is 163 cm³/mol. The Kier molecular flexibility index (Phi) is 9.35. The minimum absolute atomic E-state index is 0.0115. The molecule has 0 spiro atoms. The van der Waals surface area contributed by atoms with Crippen molar-refractivity contribution >= 4 is 17.5 Å². The first-order chi connectivity index (χ1) is 21.0. The molecule has 3 aliphatic rings. The number of rotatable bonds is 9. The molecule has 1 unspecified atom stereocenters. The minimum Gasteiger partial charge on any atom is -0.469 e. The first-order valence-corrected chi connectivity index (χ1v) is 15.5. The molecule has 2 aromatic carbocycles. The number of hydrogen-bond donors (Lipinski definition) is 1. The molecule has 1 saturated carbocycles. The third-order valence-electron chi connectivity index (χ3n) is 9.18. The summed E-state index contributed by atoms with van der Waals surface area (Å²) in [7, 11) is 3.29. The molecule has 0 bridgehead atoms. The monoisotopic (exact) mass is 608 g/mol. The van der Waals surface area contributed by atoms with Crippen LogP contribution in [0.15, 0.2) is 47.7 Å². The quantitative estimate of drug-likeness (QED) is 0.262. The van der Waals surface area contributed by atoms with Gasteiger partial charge in [0.05, 0.1) is 37.3 Å². The maximum Gasteiger partial charge on any atom is 0.416 e. The van der Waals surface area contributed by atoms with Gasteiger partial charge in [-0.25, -0.2) is 0 Å². The van der Waals surface area contributed by atoms with Crippen molar-refractivity contribution in [3.05, 3.63) is 76.0 Å². The Labute approximate surface area is 257 Å². The third kappa shape index (κ3) is 7.27. The van der Waals surface area contributed by atoms with E-state index in [4.69, 9.17) is 9.84 Å². The van der Waals surface area contributed by atoms with Crippen LogP contribution >= 0.6 is 0 Å². The zero-order valence-corrected chi connectivity index (χ0v) is 25.7. The summed E-state index contributed by atoms with van der Waals surface area (Å²) in [6, 6.07) is 9.98. The van der Waals surface area contributed by atoms with Gasteiger partial charge in [-0.1, -0.05) is 11.2 Å². The van der Waals surface area contributed by atoms with Gasteiger partial charge in [0.25, 0.3) is 0 Å². The molecule has 0 amide bonds. The van der Waals surface area contributed by atoms with Crippen LogP contribution in [0.4, 0.5) is 18.9 Å². The summed E-state index contributed by atoms with van der Waals surface area (Å²) in [5.41, 5.74) is 4.78. The van der Waals surface area contributed by atoms with E-state index >= 15 is 0 Å². The number of ether oxygens (including phenoxy) is 1. The van der Waals surface area contributed by atoms with Crippen LogP contribution in [0, 0.1) is 23.2 Å². The zero-order valence-electron chi connectivity index (χ0n) is 25.7. The molecule has 0 saturated heterocycles. The number of nitriles is 1. The van der Waals surface area contributed by atoms with Gasteiger partial charge in [0.2, 0.25) is 0 Å². The summed E-state index contributed by atoms with van der Waals surface area (Å²) in [6.07, 6.45) is 6.26. The van der Waals surface area contributed by atoms with Crippen LogP contribution in [0.25, 0.3) is 0 Å². The van der Waals surface area contributed by atoms with Crippen molar-refractivity contribution in [2.24, 2.45) is 16.9 Å². The number of nitrogens with zero attached hydrogens (tertiary/aromatic N) is 4. The molecule has 1 atom stereocenters. The van der Waals surface area contributed by atoms with Crippen LogP contribution in [0.3, 0.4) is 0 Å². The van der Waals surface area contributed by atoms with Gasteiger partial charge in [-0.05, 0) is 98.7 Å². The van der Waals surface area contributed by atoms with E-state index in [0.29, 0.717) is 23.9 Å². The van der Waals surface area contributed by atoms with Gasteiger partial charge in [-0.15, -0.1) is 0 Å². The summed E-state index contributed by atoms with van der Waals surface area (Å²) in [6.45, 7) is 4.75. The summed E-state index contributed by atoms with van der Waals surface area (Å²) in [5, 5.41) is 17.5. The smallest absolute Gasteiger partial charge is 0.416 e. The number of esters is 1. The number of hydrogen-bond acceptors (Lipinski definition) is 6. The van der Waals surface area contributed by atoms with Gasteiger partial charge in [0.15, 0.2) is 5.84 Å². The van der Waals surface area contributed by atoms with E-state index < -0.39 is 11.7 Å². The Morgan fingerprint density at radius 3 is 2.52 bits per heavy atom. The van der Waals surface area contributed by atoms with Crippen LogP contribution in [0.5, 0.6) is 0 Å². The number of aryl methyl sites for hydroxylation is 2. The van der Waals surface area contributed by atoms with Crippen molar-refractivity contribution in [3.63, 3.8) is 0 Å². The number of halogens is 3. The molecule has 7 nitrogen and oxygen atoms in total. The lowest BCUT2D eigenvalue weighted by Crippen LogP contribution is -2.34. The second-order valence-electron chi connectivity index (χ2n) is 12.4. The highest BCUT2D eigenvalue weighted by Crippen LogP contribution is 2.35. The average Bonchev–Trinajstić information content (AvgIpc) is 3.63. The van der Waals surface area contributed by atoms with Gasteiger partial charge < -0.3 is 15.0 Å². The van der Waals surface area contributed by atoms with E-state index in [1.165, 1.54) is 35.6 Å². The molecular weight excluding hydrogens is 567 g/mol. The SMILES string of the molecule is CCN(C[C@H]1CC[C@H](C(=O)OC)CC1)c1cc2c(cc1CNC1=N[N+](C)(Cc3cc(C#N)cc(C(F)(F)F)c3)C=C1)CCC2. The molecule has 1 aliphatic heterocycles. The van der Waals surface area contributed by atoms with Gasteiger partial charge in [-0.2, -0.15) is 23.0 Å². The van der Waals surface area contributed by atoms with E-state index in [9.17, 15) is 23.2 Å². The molecule has 44 heavy (non-hydrogen) atoms. The van der Waals surface area contributed by atoms with E-state index in [1.54, 1.807) is 0 Å². The Hall–Kier alpha value is -3.84. The first-order valence-electron chi connectivity index (χ1n) is 15.5. The van der Waals surface area contributed by atoms with E-state index in [1.807, 2.05) is 25.4 Å². The molecule has 1 heterocycles. The van der Waals surface area contributed by atoms with Crippen molar-refractivity contribution in [2.75, 3.05) is 32.1 Å². The van der Waals surface area contributed by atoms with Crippen molar-refractivity contribution < 1.29 is 27.3 Å². The van der Waals surface area contributed by atoms with E-state index in [2.05, 4.69) is 29.3 Å². The number of carbonyl (C=O) groups is 1. The van der Waals surface area contributed by atoms with Crippen LogP contribution in [0.2, 0.25) is 0 Å². The molecule has 2 aromatic rings. The summed E-state index contributed by atoms with van der Waals surface area (Å²) in [4.78, 5) is 14.5. The lowest BCUT2D eigenvalue weighted by Gasteiger charge is -2.34. The van der Waals surface area contributed by atoms with Crippen molar-refractivity contribution in [2.45, 2.75) is 71.1 Å². The number of quaternary nitrogens is 1. The molecule has 0 aromatic heterocycles. The number of nitrogens with one attached hydrogen (secondary N) is 1. The fourth-order valence-electron chi connectivity index (χ4n) is 6.85. The molecule has 2 aliphatic carbocycles.